The third kappa shape index (κ3) is 4.59. The maximum atomic E-state index is 11.5. The van der Waals surface area contributed by atoms with Crippen LogP contribution in [-0.4, -0.2) is 41.8 Å². The SMILES string of the molecule is C[C@@H](CC(C(=O)CN)C(=O)CN)[C@H](N)C(=O)O. The maximum Gasteiger partial charge on any atom is 0.320 e. The van der Waals surface area contributed by atoms with E-state index in [1.807, 2.05) is 0 Å². The summed E-state index contributed by atoms with van der Waals surface area (Å²) in [5.41, 5.74) is 15.8. The van der Waals surface area contributed by atoms with Crippen LogP contribution < -0.4 is 17.2 Å². The molecule has 0 radical (unpaired) electrons. The number of hydrogen-bond donors (Lipinski definition) is 4. The third-order valence-electron chi connectivity index (χ3n) is 2.69. The van der Waals surface area contributed by atoms with Crippen LogP contribution >= 0.6 is 0 Å². The Hall–Kier alpha value is -1.31. The molecule has 0 saturated carbocycles. The smallest absolute Gasteiger partial charge is 0.320 e. The van der Waals surface area contributed by atoms with Gasteiger partial charge in [-0.1, -0.05) is 6.92 Å². The first-order valence-electron chi connectivity index (χ1n) is 5.29. The minimum Gasteiger partial charge on any atom is -0.480 e. The van der Waals surface area contributed by atoms with E-state index in [0.29, 0.717) is 0 Å². The molecule has 0 bridgehead atoms. The normalized spacial score (nSPS) is 14.4. The quantitative estimate of drug-likeness (QED) is 0.364. The molecule has 17 heavy (non-hydrogen) atoms. The molecule has 0 aromatic carbocycles. The number of carbonyl (C=O) groups excluding carboxylic acids is 2. The highest BCUT2D eigenvalue weighted by Gasteiger charge is 2.30. The zero-order chi connectivity index (χ0) is 13.6. The van der Waals surface area contributed by atoms with Crippen molar-refractivity contribution in [2.24, 2.45) is 29.0 Å². The van der Waals surface area contributed by atoms with Gasteiger partial charge in [-0.25, -0.2) is 0 Å². The van der Waals surface area contributed by atoms with Crippen molar-refractivity contribution in [3.05, 3.63) is 0 Å². The van der Waals surface area contributed by atoms with Gasteiger partial charge in [0.05, 0.1) is 19.0 Å². The first-order chi connectivity index (χ1) is 7.84. The number of rotatable bonds is 8. The number of carboxylic acid groups (broad SMARTS) is 1. The van der Waals surface area contributed by atoms with E-state index in [2.05, 4.69) is 0 Å². The van der Waals surface area contributed by atoms with Gasteiger partial charge in [-0.3, -0.25) is 14.4 Å². The van der Waals surface area contributed by atoms with Crippen LogP contribution in [0, 0.1) is 11.8 Å². The highest BCUT2D eigenvalue weighted by atomic mass is 16.4. The van der Waals surface area contributed by atoms with Gasteiger partial charge in [0.1, 0.15) is 6.04 Å². The minimum absolute atomic E-state index is 0.0551. The van der Waals surface area contributed by atoms with E-state index in [4.69, 9.17) is 22.3 Å². The monoisotopic (exact) mass is 245 g/mol. The first-order valence-corrected chi connectivity index (χ1v) is 5.29. The number of ketones is 2. The summed E-state index contributed by atoms with van der Waals surface area (Å²) in [5, 5.41) is 8.71. The largest absolute Gasteiger partial charge is 0.480 e. The Balaban J connectivity index is 4.70. The van der Waals surface area contributed by atoms with Crippen molar-refractivity contribution in [1.82, 2.24) is 0 Å². The number of nitrogens with two attached hydrogens (primary N) is 3. The van der Waals surface area contributed by atoms with E-state index >= 15 is 0 Å². The highest BCUT2D eigenvalue weighted by Crippen LogP contribution is 2.16. The van der Waals surface area contributed by atoms with Crippen molar-refractivity contribution in [3.63, 3.8) is 0 Å². The number of carboxylic acids is 1. The summed E-state index contributed by atoms with van der Waals surface area (Å²) in [4.78, 5) is 33.6. The number of aliphatic carboxylic acids is 1. The molecule has 0 amide bonds. The van der Waals surface area contributed by atoms with Gasteiger partial charge >= 0.3 is 5.97 Å². The molecular formula is C10H19N3O4. The van der Waals surface area contributed by atoms with Crippen LogP contribution in [0.1, 0.15) is 13.3 Å². The lowest BCUT2D eigenvalue weighted by Crippen LogP contribution is -2.41. The lowest BCUT2D eigenvalue weighted by molar-refractivity contribution is -0.141. The average Bonchev–Trinajstić information content (AvgIpc) is 2.32. The van der Waals surface area contributed by atoms with Crippen molar-refractivity contribution < 1.29 is 19.5 Å². The molecule has 0 rings (SSSR count). The van der Waals surface area contributed by atoms with E-state index in [-0.39, 0.29) is 19.5 Å². The fourth-order valence-electron chi connectivity index (χ4n) is 1.49. The summed E-state index contributed by atoms with van der Waals surface area (Å²) in [6.07, 6.45) is 0.0551. The molecule has 0 aliphatic rings. The summed E-state index contributed by atoms with van der Waals surface area (Å²) in [6.45, 7) is 1.02. The molecule has 0 aliphatic heterocycles. The Morgan fingerprint density at radius 2 is 1.53 bits per heavy atom. The number of carbonyl (C=O) groups is 3. The molecule has 7 heteroatoms. The molecule has 0 aromatic heterocycles. The van der Waals surface area contributed by atoms with Gasteiger partial charge in [-0.15, -0.1) is 0 Å². The second kappa shape index (κ2) is 7.10. The van der Waals surface area contributed by atoms with Crippen molar-refractivity contribution in [3.8, 4) is 0 Å². The zero-order valence-electron chi connectivity index (χ0n) is 9.76. The molecular weight excluding hydrogens is 226 g/mol. The second-order valence-corrected chi connectivity index (χ2v) is 3.97. The Morgan fingerprint density at radius 1 is 1.12 bits per heavy atom. The van der Waals surface area contributed by atoms with Gasteiger partial charge in [-0.2, -0.15) is 0 Å². The lowest BCUT2D eigenvalue weighted by atomic mass is 9.85. The van der Waals surface area contributed by atoms with Crippen molar-refractivity contribution in [2.75, 3.05) is 13.1 Å². The standard InChI is InChI=1S/C10H19N3O4/c1-5(9(13)10(16)17)2-6(7(14)3-11)8(15)4-12/h5-6,9H,2-4,11-13H2,1H3,(H,16,17)/t5-,9-/m0/s1. The minimum atomic E-state index is -1.17. The van der Waals surface area contributed by atoms with Crippen molar-refractivity contribution >= 4 is 17.5 Å². The average molecular weight is 245 g/mol. The molecule has 7 nitrogen and oxygen atoms in total. The predicted molar refractivity (Wildman–Crippen MR) is 61.0 cm³/mol. The summed E-state index contributed by atoms with van der Waals surface area (Å²) in [5.74, 6) is -3.51. The van der Waals surface area contributed by atoms with Crippen LogP contribution in [0.2, 0.25) is 0 Å². The summed E-state index contributed by atoms with van der Waals surface area (Å²) >= 11 is 0. The van der Waals surface area contributed by atoms with E-state index in [1.165, 1.54) is 0 Å². The summed E-state index contributed by atoms with van der Waals surface area (Å²) in [7, 11) is 0. The molecule has 0 aliphatic carbocycles. The van der Waals surface area contributed by atoms with Gasteiger partial charge in [0, 0.05) is 0 Å². The Labute approximate surface area is 99.3 Å². The molecule has 98 valence electrons. The maximum absolute atomic E-state index is 11.5. The van der Waals surface area contributed by atoms with Gasteiger partial charge in [0.15, 0.2) is 11.6 Å². The van der Waals surface area contributed by atoms with Crippen LogP contribution in [0.3, 0.4) is 0 Å². The number of Topliss-reactive ketones (excluding diaryl/α,β-unsaturated/α-hetero) is 2. The Kier molecular flexibility index (Phi) is 6.55. The zero-order valence-corrected chi connectivity index (χ0v) is 9.76. The van der Waals surface area contributed by atoms with Gasteiger partial charge in [0.2, 0.25) is 0 Å². The molecule has 0 unspecified atom stereocenters. The van der Waals surface area contributed by atoms with E-state index < -0.39 is 35.4 Å². The van der Waals surface area contributed by atoms with Crippen LogP contribution in [0.4, 0.5) is 0 Å². The van der Waals surface area contributed by atoms with E-state index in [0.717, 1.165) is 0 Å². The topological polar surface area (TPSA) is 150 Å². The fourth-order valence-corrected chi connectivity index (χ4v) is 1.49. The van der Waals surface area contributed by atoms with Crippen molar-refractivity contribution in [1.29, 1.82) is 0 Å². The van der Waals surface area contributed by atoms with Crippen LogP contribution in [-0.2, 0) is 14.4 Å². The van der Waals surface area contributed by atoms with Gasteiger partial charge in [0.25, 0.3) is 0 Å². The molecule has 2 atom stereocenters. The second-order valence-electron chi connectivity index (χ2n) is 3.97. The van der Waals surface area contributed by atoms with Crippen LogP contribution in [0.5, 0.6) is 0 Å². The lowest BCUT2D eigenvalue weighted by Gasteiger charge is -2.20. The fraction of sp³-hybridized carbons (Fsp3) is 0.700. The van der Waals surface area contributed by atoms with Crippen LogP contribution in [0.15, 0.2) is 0 Å². The Morgan fingerprint density at radius 3 is 1.82 bits per heavy atom. The molecule has 0 saturated heterocycles. The van der Waals surface area contributed by atoms with Crippen molar-refractivity contribution in [2.45, 2.75) is 19.4 Å². The molecule has 0 spiro atoms. The molecule has 7 N–H and O–H groups in total. The van der Waals surface area contributed by atoms with E-state index in [1.54, 1.807) is 6.92 Å². The Bertz CT molecular complexity index is 290. The number of hydrogen-bond acceptors (Lipinski definition) is 6. The summed E-state index contributed by atoms with van der Waals surface area (Å²) < 4.78 is 0. The first kappa shape index (κ1) is 15.7. The molecule has 0 fully saturated rings. The van der Waals surface area contributed by atoms with Gasteiger partial charge < -0.3 is 22.3 Å². The highest BCUT2D eigenvalue weighted by molar-refractivity contribution is 6.03. The molecule has 0 heterocycles. The van der Waals surface area contributed by atoms with Crippen LogP contribution in [0.25, 0.3) is 0 Å². The predicted octanol–water partition coefficient (Wildman–Crippen LogP) is -1.90. The van der Waals surface area contributed by atoms with E-state index in [9.17, 15) is 14.4 Å². The third-order valence-corrected chi connectivity index (χ3v) is 2.69. The van der Waals surface area contributed by atoms with Gasteiger partial charge in [-0.05, 0) is 12.3 Å². The molecule has 0 aromatic rings. The summed E-state index contributed by atoms with van der Waals surface area (Å²) in [6, 6.07) is -1.12.